The van der Waals surface area contributed by atoms with E-state index >= 15 is 0 Å². The van der Waals surface area contributed by atoms with E-state index in [1.807, 2.05) is 44.2 Å². The van der Waals surface area contributed by atoms with Crippen LogP contribution >= 0.6 is 27.5 Å². The maximum absolute atomic E-state index is 12.5. The third-order valence-corrected chi connectivity index (χ3v) is 4.13. The monoisotopic (exact) mass is 351 g/mol. The number of hydrogen-bond acceptors (Lipinski definition) is 1. The van der Waals surface area contributed by atoms with E-state index in [0.29, 0.717) is 10.7 Å². The predicted octanol–water partition coefficient (Wildman–Crippen LogP) is 5.02. The average Bonchev–Trinajstić information content (AvgIpc) is 2.42. The van der Waals surface area contributed by atoms with Gasteiger partial charge in [0, 0.05) is 9.50 Å². The molecule has 0 unspecified atom stereocenters. The molecule has 0 aliphatic heterocycles. The molecule has 0 heterocycles. The molecule has 2 rings (SSSR count). The van der Waals surface area contributed by atoms with Gasteiger partial charge < -0.3 is 5.32 Å². The van der Waals surface area contributed by atoms with Crippen LogP contribution in [0.5, 0.6) is 0 Å². The van der Waals surface area contributed by atoms with Crippen LogP contribution in [0.3, 0.4) is 0 Å². The van der Waals surface area contributed by atoms with E-state index in [9.17, 15) is 4.79 Å². The summed E-state index contributed by atoms with van der Waals surface area (Å²) in [5.41, 5.74) is 1.08. The van der Waals surface area contributed by atoms with Gasteiger partial charge in [-0.1, -0.05) is 41.9 Å². The summed E-state index contributed by atoms with van der Waals surface area (Å²) in [5.74, 6) is -0.0632. The minimum absolute atomic E-state index is 0.0632. The quantitative estimate of drug-likeness (QED) is 0.825. The van der Waals surface area contributed by atoms with Crippen molar-refractivity contribution in [2.75, 3.05) is 5.32 Å². The van der Waals surface area contributed by atoms with Gasteiger partial charge in [-0.25, -0.2) is 0 Å². The Bertz CT molecular complexity index is 626. The zero-order valence-corrected chi connectivity index (χ0v) is 13.6. The fraction of sp³-hybridized carbons (Fsp3) is 0.188. The van der Waals surface area contributed by atoms with E-state index in [1.165, 1.54) is 0 Å². The summed E-state index contributed by atoms with van der Waals surface area (Å²) in [6.45, 7) is 3.81. The van der Waals surface area contributed by atoms with Crippen molar-refractivity contribution in [1.82, 2.24) is 0 Å². The molecule has 1 N–H and O–H groups in total. The van der Waals surface area contributed by atoms with Crippen molar-refractivity contribution in [3.05, 3.63) is 63.6 Å². The van der Waals surface area contributed by atoms with E-state index in [2.05, 4.69) is 21.2 Å². The Hall–Kier alpha value is -1.32. The number of halogens is 2. The van der Waals surface area contributed by atoms with Gasteiger partial charge >= 0.3 is 0 Å². The van der Waals surface area contributed by atoms with Gasteiger partial charge in [-0.15, -0.1) is 0 Å². The van der Waals surface area contributed by atoms with Crippen molar-refractivity contribution >= 4 is 39.1 Å². The van der Waals surface area contributed by atoms with Crippen LogP contribution in [0, 0.1) is 0 Å². The number of carbonyl (C=O) groups excluding carboxylic acids is 1. The van der Waals surface area contributed by atoms with Gasteiger partial charge in [-0.05, 0) is 53.5 Å². The van der Waals surface area contributed by atoms with Crippen LogP contribution in [0.1, 0.15) is 19.4 Å². The number of amides is 1. The summed E-state index contributed by atoms with van der Waals surface area (Å²) in [7, 11) is 0. The lowest BCUT2D eigenvalue weighted by atomic mass is 9.83. The fourth-order valence-electron chi connectivity index (χ4n) is 1.86. The van der Waals surface area contributed by atoms with Crippen molar-refractivity contribution < 1.29 is 4.79 Å². The minimum Gasteiger partial charge on any atom is -0.324 e. The van der Waals surface area contributed by atoms with Crippen LogP contribution in [0.2, 0.25) is 5.02 Å². The summed E-state index contributed by atoms with van der Waals surface area (Å²) in [5, 5.41) is 3.55. The molecule has 0 atom stereocenters. The third-order valence-electron chi connectivity index (χ3n) is 3.24. The van der Waals surface area contributed by atoms with E-state index < -0.39 is 5.41 Å². The first-order valence-corrected chi connectivity index (χ1v) is 7.40. The molecule has 20 heavy (non-hydrogen) atoms. The lowest BCUT2D eigenvalue weighted by Crippen LogP contribution is -2.34. The number of rotatable bonds is 3. The molecule has 2 aromatic carbocycles. The molecule has 4 heteroatoms. The Morgan fingerprint density at radius 2 is 1.80 bits per heavy atom. The highest BCUT2D eigenvalue weighted by atomic mass is 79.9. The van der Waals surface area contributed by atoms with Gasteiger partial charge in [0.25, 0.3) is 0 Å². The van der Waals surface area contributed by atoms with Gasteiger partial charge in [0.1, 0.15) is 0 Å². The molecule has 2 aromatic rings. The van der Waals surface area contributed by atoms with Crippen molar-refractivity contribution in [2.45, 2.75) is 19.3 Å². The van der Waals surface area contributed by atoms with Crippen LogP contribution in [0.25, 0.3) is 0 Å². The molecule has 0 fully saturated rings. The largest absolute Gasteiger partial charge is 0.324 e. The molecule has 0 bridgehead atoms. The molecule has 0 spiro atoms. The number of hydrogen-bond donors (Lipinski definition) is 1. The highest BCUT2D eigenvalue weighted by Gasteiger charge is 2.29. The Morgan fingerprint density at radius 1 is 1.15 bits per heavy atom. The first-order valence-electron chi connectivity index (χ1n) is 6.23. The summed E-state index contributed by atoms with van der Waals surface area (Å²) in [6, 6.07) is 15.0. The van der Waals surface area contributed by atoms with E-state index in [1.54, 1.807) is 18.2 Å². The minimum atomic E-state index is -0.611. The van der Waals surface area contributed by atoms with E-state index in [4.69, 9.17) is 11.6 Å². The maximum Gasteiger partial charge on any atom is 0.234 e. The molecule has 0 radical (unpaired) electrons. The molecule has 0 saturated carbocycles. The highest BCUT2D eigenvalue weighted by molar-refractivity contribution is 9.10. The fourth-order valence-corrected chi connectivity index (χ4v) is 2.64. The molecular weight excluding hydrogens is 338 g/mol. The third kappa shape index (κ3) is 3.22. The maximum atomic E-state index is 12.5. The second-order valence-corrected chi connectivity index (χ2v) is 6.36. The van der Waals surface area contributed by atoms with Crippen LogP contribution in [0.4, 0.5) is 5.69 Å². The van der Waals surface area contributed by atoms with Crippen molar-refractivity contribution in [2.24, 2.45) is 0 Å². The normalized spacial score (nSPS) is 11.2. The highest BCUT2D eigenvalue weighted by Crippen LogP contribution is 2.29. The number of nitrogens with one attached hydrogen (secondary N) is 1. The second kappa shape index (κ2) is 5.98. The Balaban J connectivity index is 2.23. The second-order valence-electron chi connectivity index (χ2n) is 5.07. The molecule has 104 valence electrons. The van der Waals surface area contributed by atoms with Gasteiger partial charge in [0.15, 0.2) is 0 Å². The predicted molar refractivity (Wildman–Crippen MR) is 87.2 cm³/mol. The summed E-state index contributed by atoms with van der Waals surface area (Å²) >= 11 is 9.30. The molecule has 0 aliphatic rings. The molecule has 2 nitrogen and oxygen atoms in total. The lowest BCUT2D eigenvalue weighted by molar-refractivity contribution is -0.120. The van der Waals surface area contributed by atoms with E-state index in [0.717, 1.165) is 10.0 Å². The average molecular weight is 353 g/mol. The first-order chi connectivity index (χ1) is 9.41. The van der Waals surface area contributed by atoms with Gasteiger partial charge in [0.05, 0.1) is 11.1 Å². The number of carbonyl (C=O) groups is 1. The van der Waals surface area contributed by atoms with Gasteiger partial charge in [-0.2, -0.15) is 0 Å². The summed E-state index contributed by atoms with van der Waals surface area (Å²) in [4.78, 5) is 12.5. The SMILES string of the molecule is CC(C)(C(=O)Nc1ccc(Cl)cc1Br)c1ccccc1. The standard InChI is InChI=1S/C16H15BrClNO/c1-16(2,11-6-4-3-5-7-11)15(20)19-14-9-8-12(18)10-13(14)17/h3-10H,1-2H3,(H,19,20). The Morgan fingerprint density at radius 3 is 2.40 bits per heavy atom. The summed E-state index contributed by atoms with van der Waals surface area (Å²) < 4.78 is 0.766. The van der Waals surface area contributed by atoms with E-state index in [-0.39, 0.29) is 5.91 Å². The van der Waals surface area contributed by atoms with Crippen molar-refractivity contribution in [3.8, 4) is 0 Å². The summed E-state index contributed by atoms with van der Waals surface area (Å²) in [6.07, 6.45) is 0. The van der Waals surface area contributed by atoms with Crippen LogP contribution in [-0.2, 0) is 10.2 Å². The molecule has 0 aliphatic carbocycles. The smallest absolute Gasteiger partial charge is 0.234 e. The lowest BCUT2D eigenvalue weighted by Gasteiger charge is -2.24. The zero-order valence-electron chi connectivity index (χ0n) is 11.3. The number of anilines is 1. The van der Waals surface area contributed by atoms with Crippen LogP contribution in [0.15, 0.2) is 53.0 Å². The number of benzene rings is 2. The molecule has 0 aromatic heterocycles. The Labute approximate surface area is 132 Å². The van der Waals surface area contributed by atoms with Crippen LogP contribution in [-0.4, -0.2) is 5.91 Å². The first kappa shape index (κ1) is 15.1. The van der Waals surface area contributed by atoms with Gasteiger partial charge in [0.2, 0.25) is 5.91 Å². The van der Waals surface area contributed by atoms with Crippen molar-refractivity contribution in [3.63, 3.8) is 0 Å². The van der Waals surface area contributed by atoms with Crippen molar-refractivity contribution in [1.29, 1.82) is 0 Å². The van der Waals surface area contributed by atoms with Crippen LogP contribution < -0.4 is 5.32 Å². The molecular formula is C16H15BrClNO. The molecule has 0 saturated heterocycles. The molecule has 1 amide bonds. The topological polar surface area (TPSA) is 29.1 Å². The zero-order chi connectivity index (χ0) is 14.8. The van der Waals surface area contributed by atoms with Gasteiger partial charge in [-0.3, -0.25) is 4.79 Å². The Kier molecular flexibility index (Phi) is 4.51.